The van der Waals surface area contributed by atoms with E-state index in [9.17, 15) is 9.59 Å². The largest absolute Gasteiger partial charge is 0.272 e. The van der Waals surface area contributed by atoms with E-state index < -0.39 is 0 Å². The Kier molecular flexibility index (Phi) is 6.88. The van der Waals surface area contributed by atoms with Crippen LogP contribution >= 0.6 is 11.8 Å². The molecule has 0 heterocycles. The Morgan fingerprint density at radius 2 is 1.62 bits per heavy atom. The fraction of sp³-hybridized carbons (Fsp3) is 0.263. The van der Waals surface area contributed by atoms with Crippen LogP contribution in [0.1, 0.15) is 35.3 Å². The molecule has 2 aromatic rings. The maximum atomic E-state index is 12.1. The van der Waals surface area contributed by atoms with E-state index in [1.807, 2.05) is 49.4 Å². The highest BCUT2D eigenvalue weighted by molar-refractivity contribution is 7.99. The van der Waals surface area contributed by atoms with Crippen LogP contribution in [0.25, 0.3) is 0 Å². The number of hydrogen-bond donors (Lipinski definition) is 2. The van der Waals surface area contributed by atoms with Gasteiger partial charge in [0.05, 0.1) is 5.25 Å². The second-order valence-corrected chi connectivity index (χ2v) is 6.76. The monoisotopic (exact) mass is 342 g/mol. The first-order valence-corrected chi connectivity index (χ1v) is 8.99. The SMILES string of the molecule is CCc1ccc(C(=O)NNC(=O)C(C)SCc2ccccc2)cc1. The fourth-order valence-corrected chi connectivity index (χ4v) is 2.90. The molecular formula is C19H22N2O2S. The van der Waals surface area contributed by atoms with Crippen molar-refractivity contribution >= 4 is 23.6 Å². The molecule has 0 aliphatic rings. The van der Waals surface area contributed by atoms with Crippen LogP contribution in [0.15, 0.2) is 54.6 Å². The lowest BCUT2D eigenvalue weighted by atomic mass is 10.1. The number of carbonyl (C=O) groups excluding carboxylic acids is 2. The predicted octanol–water partition coefficient (Wildman–Crippen LogP) is 3.33. The number of amides is 2. The average Bonchev–Trinajstić information content (AvgIpc) is 2.64. The molecule has 1 atom stereocenters. The zero-order valence-corrected chi connectivity index (χ0v) is 14.7. The van der Waals surface area contributed by atoms with Crippen LogP contribution in [0.3, 0.4) is 0 Å². The van der Waals surface area contributed by atoms with Crippen LogP contribution < -0.4 is 10.9 Å². The normalized spacial score (nSPS) is 11.6. The molecule has 2 rings (SSSR count). The van der Waals surface area contributed by atoms with Crippen molar-refractivity contribution in [1.82, 2.24) is 10.9 Å². The lowest BCUT2D eigenvalue weighted by Gasteiger charge is -2.13. The molecule has 2 amide bonds. The van der Waals surface area contributed by atoms with Gasteiger partial charge in [0.2, 0.25) is 0 Å². The Morgan fingerprint density at radius 3 is 2.25 bits per heavy atom. The van der Waals surface area contributed by atoms with E-state index in [2.05, 4.69) is 17.8 Å². The lowest BCUT2D eigenvalue weighted by molar-refractivity contribution is -0.121. The van der Waals surface area contributed by atoms with Gasteiger partial charge < -0.3 is 0 Å². The van der Waals surface area contributed by atoms with E-state index in [1.165, 1.54) is 22.9 Å². The minimum absolute atomic E-state index is 0.213. The van der Waals surface area contributed by atoms with E-state index >= 15 is 0 Å². The molecule has 5 heteroatoms. The van der Waals surface area contributed by atoms with Gasteiger partial charge in [0, 0.05) is 11.3 Å². The molecule has 0 aromatic heterocycles. The van der Waals surface area contributed by atoms with Gasteiger partial charge in [0.25, 0.3) is 11.8 Å². The summed E-state index contributed by atoms with van der Waals surface area (Å²) in [5.41, 5.74) is 7.81. The molecule has 0 aliphatic carbocycles. The summed E-state index contributed by atoms with van der Waals surface area (Å²) in [6.45, 7) is 3.88. The minimum atomic E-state index is -0.314. The molecule has 2 aromatic carbocycles. The highest BCUT2D eigenvalue weighted by Crippen LogP contribution is 2.17. The summed E-state index contributed by atoms with van der Waals surface area (Å²) in [6, 6.07) is 17.3. The van der Waals surface area contributed by atoms with E-state index in [0.717, 1.165) is 12.2 Å². The molecule has 0 saturated heterocycles. The van der Waals surface area contributed by atoms with Gasteiger partial charge in [0.1, 0.15) is 0 Å². The number of rotatable bonds is 6. The first-order chi connectivity index (χ1) is 11.6. The van der Waals surface area contributed by atoms with Crippen molar-refractivity contribution in [3.63, 3.8) is 0 Å². The molecule has 2 N–H and O–H groups in total. The number of hydrogen-bond acceptors (Lipinski definition) is 3. The molecule has 126 valence electrons. The lowest BCUT2D eigenvalue weighted by Crippen LogP contribution is -2.44. The van der Waals surface area contributed by atoms with Gasteiger partial charge in [-0.3, -0.25) is 20.4 Å². The quantitative estimate of drug-likeness (QED) is 0.792. The number of nitrogens with one attached hydrogen (secondary N) is 2. The van der Waals surface area contributed by atoms with E-state index in [0.29, 0.717) is 5.56 Å². The smallest absolute Gasteiger partial charge is 0.269 e. The van der Waals surface area contributed by atoms with Gasteiger partial charge in [0.15, 0.2) is 0 Å². The summed E-state index contributed by atoms with van der Waals surface area (Å²) in [5, 5.41) is -0.257. The van der Waals surface area contributed by atoms with Crippen LogP contribution in [0.5, 0.6) is 0 Å². The molecule has 1 unspecified atom stereocenters. The van der Waals surface area contributed by atoms with Gasteiger partial charge >= 0.3 is 0 Å². The minimum Gasteiger partial charge on any atom is -0.272 e. The number of benzene rings is 2. The molecule has 24 heavy (non-hydrogen) atoms. The van der Waals surface area contributed by atoms with Crippen LogP contribution in [0.4, 0.5) is 0 Å². The molecule has 0 radical (unpaired) electrons. The second-order valence-electron chi connectivity index (χ2n) is 5.43. The summed E-state index contributed by atoms with van der Waals surface area (Å²) >= 11 is 1.53. The van der Waals surface area contributed by atoms with E-state index in [4.69, 9.17) is 0 Å². The first-order valence-electron chi connectivity index (χ1n) is 7.94. The maximum absolute atomic E-state index is 12.1. The molecule has 0 spiro atoms. The Hall–Kier alpha value is -2.27. The molecule has 4 nitrogen and oxygen atoms in total. The third-order valence-electron chi connectivity index (χ3n) is 3.64. The van der Waals surface area contributed by atoms with Crippen molar-refractivity contribution in [2.24, 2.45) is 0 Å². The molecule has 0 aliphatic heterocycles. The van der Waals surface area contributed by atoms with Gasteiger partial charge in [-0.1, -0.05) is 49.4 Å². The maximum Gasteiger partial charge on any atom is 0.269 e. The van der Waals surface area contributed by atoms with Crippen molar-refractivity contribution < 1.29 is 9.59 Å². The average molecular weight is 342 g/mol. The highest BCUT2D eigenvalue weighted by Gasteiger charge is 2.14. The highest BCUT2D eigenvalue weighted by atomic mass is 32.2. The van der Waals surface area contributed by atoms with Crippen molar-refractivity contribution in [2.75, 3.05) is 0 Å². The summed E-state index contributed by atoms with van der Waals surface area (Å²) in [5.74, 6) is 0.225. The topological polar surface area (TPSA) is 58.2 Å². The number of thioether (sulfide) groups is 1. The zero-order chi connectivity index (χ0) is 17.4. The number of aryl methyl sites for hydroxylation is 1. The summed E-state index contributed by atoms with van der Waals surface area (Å²) in [4.78, 5) is 24.1. The standard InChI is InChI=1S/C19H22N2O2S/c1-3-15-9-11-17(12-10-15)19(23)21-20-18(22)14(2)24-13-16-7-5-4-6-8-16/h4-12,14H,3,13H2,1-2H3,(H,20,22)(H,21,23). The summed E-state index contributed by atoms with van der Waals surface area (Å²) in [7, 11) is 0. The Bertz CT molecular complexity index is 672. The van der Waals surface area contributed by atoms with Crippen LogP contribution in [0, 0.1) is 0 Å². The van der Waals surface area contributed by atoms with Gasteiger partial charge in [-0.05, 0) is 36.6 Å². The van der Waals surface area contributed by atoms with E-state index in [1.54, 1.807) is 12.1 Å². The number of hydrazine groups is 1. The van der Waals surface area contributed by atoms with Crippen LogP contribution in [-0.2, 0) is 17.0 Å². The first kappa shape index (κ1) is 18.1. The molecule has 0 bridgehead atoms. The van der Waals surface area contributed by atoms with Crippen molar-refractivity contribution in [2.45, 2.75) is 31.3 Å². The predicted molar refractivity (Wildman–Crippen MR) is 98.6 cm³/mol. The summed E-state index contributed by atoms with van der Waals surface area (Å²) in [6.07, 6.45) is 0.925. The van der Waals surface area contributed by atoms with E-state index in [-0.39, 0.29) is 17.1 Å². The number of carbonyl (C=O) groups is 2. The fourth-order valence-electron chi connectivity index (χ4n) is 2.06. The Labute approximate surface area is 147 Å². The van der Waals surface area contributed by atoms with Crippen molar-refractivity contribution in [1.29, 1.82) is 0 Å². The Morgan fingerprint density at radius 1 is 0.958 bits per heavy atom. The Balaban J connectivity index is 1.77. The zero-order valence-electron chi connectivity index (χ0n) is 13.9. The summed E-state index contributed by atoms with van der Waals surface area (Å²) < 4.78 is 0. The molecule has 0 saturated carbocycles. The van der Waals surface area contributed by atoms with Crippen LogP contribution in [-0.4, -0.2) is 17.1 Å². The van der Waals surface area contributed by atoms with Crippen LogP contribution in [0.2, 0.25) is 0 Å². The molecular weight excluding hydrogens is 320 g/mol. The second kappa shape index (κ2) is 9.13. The van der Waals surface area contributed by atoms with Gasteiger partial charge in [-0.25, -0.2) is 0 Å². The van der Waals surface area contributed by atoms with Gasteiger partial charge in [-0.15, -0.1) is 11.8 Å². The molecule has 0 fully saturated rings. The van der Waals surface area contributed by atoms with Gasteiger partial charge in [-0.2, -0.15) is 0 Å². The van der Waals surface area contributed by atoms with Crippen molar-refractivity contribution in [3.05, 3.63) is 71.3 Å². The van der Waals surface area contributed by atoms with Crippen molar-refractivity contribution in [3.8, 4) is 0 Å². The third kappa shape index (κ3) is 5.42. The third-order valence-corrected chi connectivity index (χ3v) is 4.85.